The molecule has 1 aliphatic rings. The summed E-state index contributed by atoms with van der Waals surface area (Å²) >= 11 is 0. The first kappa shape index (κ1) is 5.17. The molecular weight excluding hydrogens is 100 g/mol. The Bertz CT molecular complexity index is 128. The SMILES string of the molecule is C=CN1CC(C#N)C1. The van der Waals surface area contributed by atoms with Gasteiger partial charge in [0.2, 0.25) is 0 Å². The largest absolute Gasteiger partial charge is 0.375 e. The van der Waals surface area contributed by atoms with Crippen LogP contribution in [0.4, 0.5) is 0 Å². The number of rotatable bonds is 1. The molecule has 1 saturated heterocycles. The van der Waals surface area contributed by atoms with Crippen molar-refractivity contribution in [3.05, 3.63) is 12.8 Å². The summed E-state index contributed by atoms with van der Waals surface area (Å²) in [5, 5.41) is 8.29. The smallest absolute Gasteiger partial charge is 0.0812 e. The average Bonchev–Trinajstić information content (AvgIpc) is 1.65. The molecule has 1 heterocycles. The van der Waals surface area contributed by atoms with Gasteiger partial charge in [0, 0.05) is 13.1 Å². The average molecular weight is 108 g/mol. The Labute approximate surface area is 49.0 Å². The molecule has 42 valence electrons. The Balaban J connectivity index is 2.23. The summed E-state index contributed by atoms with van der Waals surface area (Å²) in [6.07, 6.45) is 1.77. The van der Waals surface area contributed by atoms with Gasteiger partial charge in [-0.25, -0.2) is 0 Å². The van der Waals surface area contributed by atoms with Crippen LogP contribution in [0.1, 0.15) is 0 Å². The van der Waals surface area contributed by atoms with Gasteiger partial charge in [0.1, 0.15) is 0 Å². The zero-order valence-electron chi connectivity index (χ0n) is 4.67. The first-order chi connectivity index (χ1) is 3.86. The molecule has 1 aliphatic heterocycles. The van der Waals surface area contributed by atoms with Gasteiger partial charge in [-0.3, -0.25) is 0 Å². The number of likely N-dealkylation sites (tertiary alicyclic amines) is 1. The lowest BCUT2D eigenvalue weighted by atomic mass is 10.0. The molecule has 1 rings (SSSR count). The molecule has 0 aromatic rings. The third-order valence-corrected chi connectivity index (χ3v) is 1.35. The molecule has 0 N–H and O–H groups in total. The van der Waals surface area contributed by atoms with Crippen molar-refractivity contribution in [3.8, 4) is 6.07 Å². The van der Waals surface area contributed by atoms with E-state index in [9.17, 15) is 0 Å². The highest BCUT2D eigenvalue weighted by atomic mass is 15.2. The first-order valence-electron chi connectivity index (χ1n) is 2.63. The second-order valence-corrected chi connectivity index (χ2v) is 1.96. The van der Waals surface area contributed by atoms with Crippen molar-refractivity contribution in [1.29, 1.82) is 5.26 Å². The normalized spacial score (nSPS) is 19.1. The molecule has 2 heteroatoms. The molecule has 0 spiro atoms. The van der Waals surface area contributed by atoms with E-state index in [1.54, 1.807) is 6.20 Å². The van der Waals surface area contributed by atoms with Gasteiger partial charge >= 0.3 is 0 Å². The third-order valence-electron chi connectivity index (χ3n) is 1.35. The maximum Gasteiger partial charge on any atom is 0.0812 e. The lowest BCUT2D eigenvalue weighted by Crippen LogP contribution is -2.41. The molecule has 1 fully saturated rings. The summed E-state index contributed by atoms with van der Waals surface area (Å²) in [4.78, 5) is 2.02. The van der Waals surface area contributed by atoms with Crippen molar-refractivity contribution >= 4 is 0 Å². The zero-order chi connectivity index (χ0) is 5.98. The van der Waals surface area contributed by atoms with Crippen molar-refractivity contribution in [3.63, 3.8) is 0 Å². The Morgan fingerprint density at radius 2 is 2.38 bits per heavy atom. The quantitative estimate of drug-likeness (QED) is 0.491. The Morgan fingerprint density at radius 3 is 2.75 bits per heavy atom. The fraction of sp³-hybridized carbons (Fsp3) is 0.500. The van der Waals surface area contributed by atoms with Crippen LogP contribution in [0.3, 0.4) is 0 Å². The van der Waals surface area contributed by atoms with E-state index in [1.165, 1.54) is 0 Å². The molecule has 0 aromatic heterocycles. The highest BCUT2D eigenvalue weighted by molar-refractivity contribution is 4.97. The van der Waals surface area contributed by atoms with Crippen LogP contribution in [0, 0.1) is 17.2 Å². The van der Waals surface area contributed by atoms with Gasteiger partial charge in [-0.15, -0.1) is 0 Å². The first-order valence-corrected chi connectivity index (χ1v) is 2.63. The van der Waals surface area contributed by atoms with Gasteiger partial charge in [-0.1, -0.05) is 6.58 Å². The standard InChI is InChI=1S/C6H8N2/c1-2-8-4-6(3-7)5-8/h2,6H,1,4-5H2. The zero-order valence-corrected chi connectivity index (χ0v) is 4.67. The van der Waals surface area contributed by atoms with Crippen LogP contribution in [0.5, 0.6) is 0 Å². The second kappa shape index (κ2) is 1.87. The van der Waals surface area contributed by atoms with Gasteiger partial charge in [0.05, 0.1) is 12.0 Å². The fourth-order valence-corrected chi connectivity index (χ4v) is 0.743. The molecule has 0 amide bonds. The van der Waals surface area contributed by atoms with E-state index in [4.69, 9.17) is 5.26 Å². The number of hydrogen-bond acceptors (Lipinski definition) is 2. The van der Waals surface area contributed by atoms with E-state index in [0.717, 1.165) is 13.1 Å². The van der Waals surface area contributed by atoms with Crippen LogP contribution in [0.25, 0.3) is 0 Å². The minimum absolute atomic E-state index is 0.257. The molecule has 0 aliphatic carbocycles. The Hall–Kier alpha value is -0.970. The lowest BCUT2D eigenvalue weighted by Gasteiger charge is -2.33. The molecule has 0 bridgehead atoms. The predicted molar refractivity (Wildman–Crippen MR) is 30.9 cm³/mol. The van der Waals surface area contributed by atoms with Crippen LogP contribution in [0.2, 0.25) is 0 Å². The summed E-state index contributed by atoms with van der Waals surface area (Å²) in [6.45, 7) is 5.32. The van der Waals surface area contributed by atoms with E-state index >= 15 is 0 Å². The van der Waals surface area contributed by atoms with E-state index in [0.29, 0.717) is 0 Å². The maximum atomic E-state index is 8.29. The predicted octanol–water partition coefficient (Wildman–Crippen LogP) is 0.585. The van der Waals surface area contributed by atoms with Crippen molar-refractivity contribution < 1.29 is 0 Å². The van der Waals surface area contributed by atoms with Crippen molar-refractivity contribution in [1.82, 2.24) is 4.90 Å². The van der Waals surface area contributed by atoms with Crippen LogP contribution in [0.15, 0.2) is 12.8 Å². The van der Waals surface area contributed by atoms with Gasteiger partial charge in [0.25, 0.3) is 0 Å². The fourth-order valence-electron chi connectivity index (χ4n) is 0.743. The van der Waals surface area contributed by atoms with Gasteiger partial charge in [0.15, 0.2) is 0 Å². The molecule has 0 atom stereocenters. The van der Waals surface area contributed by atoms with Gasteiger partial charge in [-0.05, 0) is 6.20 Å². The van der Waals surface area contributed by atoms with Gasteiger partial charge in [-0.2, -0.15) is 5.26 Å². The number of nitrogens with zero attached hydrogens (tertiary/aromatic N) is 2. The van der Waals surface area contributed by atoms with E-state index in [2.05, 4.69) is 12.6 Å². The summed E-state index contributed by atoms with van der Waals surface area (Å²) < 4.78 is 0. The Morgan fingerprint density at radius 1 is 1.75 bits per heavy atom. The Kier molecular flexibility index (Phi) is 1.21. The van der Waals surface area contributed by atoms with E-state index < -0.39 is 0 Å². The van der Waals surface area contributed by atoms with Crippen molar-refractivity contribution in [2.24, 2.45) is 5.92 Å². The molecule has 0 aromatic carbocycles. The summed E-state index contributed by atoms with van der Waals surface area (Å²) in [6, 6.07) is 2.18. The summed E-state index contributed by atoms with van der Waals surface area (Å²) in [5.41, 5.74) is 0. The lowest BCUT2D eigenvalue weighted by molar-refractivity contribution is 0.206. The monoisotopic (exact) mass is 108 g/mol. The molecule has 0 unspecified atom stereocenters. The minimum atomic E-state index is 0.257. The van der Waals surface area contributed by atoms with Gasteiger partial charge < -0.3 is 4.90 Å². The van der Waals surface area contributed by atoms with Crippen LogP contribution in [-0.4, -0.2) is 18.0 Å². The molecular formula is C6H8N2. The van der Waals surface area contributed by atoms with Crippen molar-refractivity contribution in [2.75, 3.05) is 13.1 Å². The molecule has 0 saturated carbocycles. The topological polar surface area (TPSA) is 27.0 Å². The van der Waals surface area contributed by atoms with Crippen LogP contribution < -0.4 is 0 Å². The highest BCUT2D eigenvalue weighted by Gasteiger charge is 2.22. The number of nitriles is 1. The van der Waals surface area contributed by atoms with Crippen LogP contribution >= 0.6 is 0 Å². The van der Waals surface area contributed by atoms with Crippen molar-refractivity contribution in [2.45, 2.75) is 0 Å². The third kappa shape index (κ3) is 0.671. The minimum Gasteiger partial charge on any atom is -0.375 e. The molecule has 0 radical (unpaired) electrons. The summed E-state index contributed by atoms with van der Waals surface area (Å²) in [5.74, 6) is 0.257. The van der Waals surface area contributed by atoms with E-state index in [-0.39, 0.29) is 5.92 Å². The molecule has 8 heavy (non-hydrogen) atoms. The maximum absolute atomic E-state index is 8.29. The van der Waals surface area contributed by atoms with E-state index in [1.807, 2.05) is 4.90 Å². The second-order valence-electron chi connectivity index (χ2n) is 1.96. The summed E-state index contributed by atoms with van der Waals surface area (Å²) in [7, 11) is 0. The van der Waals surface area contributed by atoms with Crippen LogP contribution in [-0.2, 0) is 0 Å². The number of hydrogen-bond donors (Lipinski definition) is 0. The molecule has 2 nitrogen and oxygen atoms in total. The highest BCUT2D eigenvalue weighted by Crippen LogP contribution is 2.12.